The highest BCUT2D eigenvalue weighted by Gasteiger charge is 2.35. The predicted octanol–water partition coefficient (Wildman–Crippen LogP) is 2.84. The summed E-state index contributed by atoms with van der Waals surface area (Å²) in [6.07, 6.45) is 6.88. The van der Waals surface area contributed by atoms with Crippen molar-refractivity contribution in [3.63, 3.8) is 0 Å². The highest BCUT2D eigenvalue weighted by molar-refractivity contribution is 4.92. The van der Waals surface area contributed by atoms with Crippen LogP contribution in [0.4, 0.5) is 0 Å². The van der Waals surface area contributed by atoms with Crippen LogP contribution in [0.3, 0.4) is 0 Å². The summed E-state index contributed by atoms with van der Waals surface area (Å²) in [5.41, 5.74) is 9.58. The van der Waals surface area contributed by atoms with Gasteiger partial charge in [0.2, 0.25) is 0 Å². The number of nitrogens with two attached hydrogens (primary N) is 2. The summed E-state index contributed by atoms with van der Waals surface area (Å²) in [7, 11) is 5.28. The summed E-state index contributed by atoms with van der Waals surface area (Å²) in [5.74, 6) is 0. The molecule has 1 unspecified atom stereocenters. The zero-order chi connectivity index (χ0) is 14.3. The second-order valence-corrected chi connectivity index (χ2v) is 3.85. The van der Waals surface area contributed by atoms with E-state index in [1.807, 2.05) is 13.8 Å². The molecule has 0 aromatic rings. The Hall–Kier alpha value is -0.120. The first kappa shape index (κ1) is 22.1. The number of nitrogens with zero attached hydrogens (tertiary/aromatic N) is 1. The van der Waals surface area contributed by atoms with Crippen LogP contribution in [-0.4, -0.2) is 38.1 Å². The van der Waals surface area contributed by atoms with Gasteiger partial charge in [-0.1, -0.05) is 34.1 Å². The molecule has 1 aliphatic heterocycles. The van der Waals surface area contributed by atoms with E-state index in [9.17, 15) is 0 Å². The van der Waals surface area contributed by atoms with Crippen LogP contribution < -0.4 is 11.5 Å². The molecule has 0 saturated carbocycles. The molecule has 0 radical (unpaired) electrons. The molecule has 4 N–H and O–H groups in total. The fraction of sp³-hybridized carbons (Fsp3) is 1.00. The van der Waals surface area contributed by atoms with Gasteiger partial charge in [-0.15, -0.1) is 0 Å². The van der Waals surface area contributed by atoms with E-state index in [0.29, 0.717) is 5.54 Å². The molecule has 1 rings (SSSR count). The van der Waals surface area contributed by atoms with E-state index in [1.54, 1.807) is 0 Å². The molecule has 1 saturated heterocycles. The molecule has 1 fully saturated rings. The van der Waals surface area contributed by atoms with E-state index >= 15 is 0 Å². The summed E-state index contributed by atoms with van der Waals surface area (Å²) in [6, 6.07) is 0. The lowest BCUT2D eigenvalue weighted by molar-refractivity contribution is 0.153. The van der Waals surface area contributed by atoms with Crippen molar-refractivity contribution in [1.29, 1.82) is 0 Å². The third-order valence-electron chi connectivity index (χ3n) is 3.32. The van der Waals surface area contributed by atoms with Gasteiger partial charge in [0.05, 0.1) is 0 Å². The van der Waals surface area contributed by atoms with Gasteiger partial charge in [-0.2, -0.15) is 0 Å². The Labute approximate surface area is 110 Å². The maximum absolute atomic E-state index is 4.50. The molecular weight excluding hydrogens is 210 g/mol. The number of hydrogen-bond donors (Lipinski definition) is 2. The van der Waals surface area contributed by atoms with Gasteiger partial charge in [0.15, 0.2) is 0 Å². The minimum absolute atomic E-state index is 0.578. The second-order valence-electron chi connectivity index (χ2n) is 3.85. The van der Waals surface area contributed by atoms with Crippen molar-refractivity contribution in [3.8, 4) is 0 Å². The molecular formula is C14H37N3. The lowest BCUT2D eigenvalue weighted by Crippen LogP contribution is -2.40. The van der Waals surface area contributed by atoms with Gasteiger partial charge in [-0.3, -0.25) is 0 Å². The molecule has 3 heteroatoms. The lowest BCUT2D eigenvalue weighted by atomic mass is 9.88. The maximum atomic E-state index is 4.50. The Kier molecular flexibility index (Phi) is 20.6. The first-order valence-corrected chi connectivity index (χ1v) is 7.12. The molecule has 0 amide bonds. The first-order valence-electron chi connectivity index (χ1n) is 7.12. The van der Waals surface area contributed by atoms with Crippen molar-refractivity contribution >= 4 is 0 Å². The molecule has 1 atom stereocenters. The molecule has 0 aromatic carbocycles. The lowest BCUT2D eigenvalue weighted by Gasteiger charge is -2.35. The summed E-state index contributed by atoms with van der Waals surface area (Å²) in [4.78, 5) is 2.57. The minimum atomic E-state index is 0.578. The fourth-order valence-corrected chi connectivity index (χ4v) is 2.48. The average molecular weight is 247 g/mol. The maximum Gasteiger partial charge on any atom is 0.0204 e. The Morgan fingerprint density at radius 1 is 1.06 bits per heavy atom. The highest BCUT2D eigenvalue weighted by atomic mass is 15.2. The van der Waals surface area contributed by atoms with E-state index in [0.717, 1.165) is 0 Å². The minimum Gasteiger partial charge on any atom is -0.333 e. The zero-order valence-electron chi connectivity index (χ0n) is 13.3. The van der Waals surface area contributed by atoms with Gasteiger partial charge in [-0.25, -0.2) is 0 Å². The molecule has 3 nitrogen and oxygen atoms in total. The molecule has 0 spiro atoms. The van der Waals surface area contributed by atoms with Crippen molar-refractivity contribution < 1.29 is 0 Å². The van der Waals surface area contributed by atoms with Crippen molar-refractivity contribution in [3.05, 3.63) is 0 Å². The molecule has 1 heterocycles. The fourth-order valence-electron chi connectivity index (χ4n) is 2.48. The Bertz CT molecular complexity index is 129. The summed E-state index contributed by atoms with van der Waals surface area (Å²) >= 11 is 0. The van der Waals surface area contributed by atoms with E-state index in [1.165, 1.54) is 52.7 Å². The SMILES string of the molecule is CC.CCCC1(CC)CCCN1C.CN.CN. The zero-order valence-corrected chi connectivity index (χ0v) is 13.3. The monoisotopic (exact) mass is 247 g/mol. The van der Waals surface area contributed by atoms with E-state index in [-0.39, 0.29) is 0 Å². The number of hydrogen-bond acceptors (Lipinski definition) is 3. The van der Waals surface area contributed by atoms with Gasteiger partial charge in [0.25, 0.3) is 0 Å². The molecule has 1 aliphatic rings. The van der Waals surface area contributed by atoms with Crippen molar-refractivity contribution in [1.82, 2.24) is 4.90 Å². The third kappa shape index (κ3) is 7.74. The number of likely N-dealkylation sites (tertiary alicyclic amines) is 1. The molecule has 17 heavy (non-hydrogen) atoms. The van der Waals surface area contributed by atoms with Gasteiger partial charge in [-0.05, 0) is 53.4 Å². The molecule has 0 aromatic heterocycles. The molecule has 0 bridgehead atoms. The summed E-state index contributed by atoms with van der Waals surface area (Å²) in [5, 5.41) is 0. The van der Waals surface area contributed by atoms with E-state index < -0.39 is 0 Å². The first-order chi connectivity index (χ1) is 8.25. The average Bonchev–Trinajstić information content (AvgIpc) is 2.79. The largest absolute Gasteiger partial charge is 0.333 e. The normalized spacial score (nSPS) is 22.4. The van der Waals surface area contributed by atoms with E-state index in [2.05, 4.69) is 37.3 Å². The standard InChI is InChI=1S/C10H21N.C2H6.2CH5N/c1-4-7-10(5-2)8-6-9-11(10)3;3*1-2/h4-9H2,1-3H3;1-2H3;2*2H2,1H3. The van der Waals surface area contributed by atoms with Crippen molar-refractivity contribution in [2.24, 2.45) is 11.5 Å². The smallest absolute Gasteiger partial charge is 0.0204 e. The van der Waals surface area contributed by atoms with Gasteiger partial charge < -0.3 is 16.4 Å². The molecule has 0 aliphatic carbocycles. The highest BCUT2D eigenvalue weighted by Crippen LogP contribution is 2.34. The Morgan fingerprint density at radius 3 is 1.76 bits per heavy atom. The Balaban J connectivity index is -0.000000285. The van der Waals surface area contributed by atoms with Gasteiger partial charge in [0, 0.05) is 5.54 Å². The summed E-state index contributed by atoms with van der Waals surface area (Å²) in [6.45, 7) is 9.94. The molecule has 108 valence electrons. The van der Waals surface area contributed by atoms with Crippen LogP contribution >= 0.6 is 0 Å². The second kappa shape index (κ2) is 15.9. The predicted molar refractivity (Wildman–Crippen MR) is 81.4 cm³/mol. The van der Waals surface area contributed by atoms with Gasteiger partial charge >= 0.3 is 0 Å². The van der Waals surface area contributed by atoms with Crippen LogP contribution in [0.1, 0.15) is 59.8 Å². The topological polar surface area (TPSA) is 55.3 Å². The summed E-state index contributed by atoms with van der Waals surface area (Å²) < 4.78 is 0. The van der Waals surface area contributed by atoms with Crippen LogP contribution in [0.5, 0.6) is 0 Å². The quantitative estimate of drug-likeness (QED) is 0.806. The third-order valence-corrected chi connectivity index (χ3v) is 3.32. The van der Waals surface area contributed by atoms with Crippen molar-refractivity contribution in [2.75, 3.05) is 27.7 Å². The van der Waals surface area contributed by atoms with Crippen LogP contribution in [0.25, 0.3) is 0 Å². The van der Waals surface area contributed by atoms with Gasteiger partial charge in [0.1, 0.15) is 0 Å². The van der Waals surface area contributed by atoms with E-state index in [4.69, 9.17) is 0 Å². The van der Waals surface area contributed by atoms with Crippen LogP contribution in [0, 0.1) is 0 Å². The van der Waals surface area contributed by atoms with Crippen molar-refractivity contribution in [2.45, 2.75) is 65.3 Å². The Morgan fingerprint density at radius 2 is 1.53 bits per heavy atom. The van der Waals surface area contributed by atoms with Crippen LogP contribution in [-0.2, 0) is 0 Å². The van der Waals surface area contributed by atoms with Crippen LogP contribution in [0.2, 0.25) is 0 Å². The van der Waals surface area contributed by atoms with Crippen LogP contribution in [0.15, 0.2) is 0 Å². The number of rotatable bonds is 3.